The first kappa shape index (κ1) is 14.9. The first-order valence-electron chi connectivity index (χ1n) is 8.95. The summed E-state index contributed by atoms with van der Waals surface area (Å²) in [7, 11) is 0. The zero-order valence-corrected chi connectivity index (χ0v) is 13.9. The smallest absolute Gasteiger partial charge is 0.338 e. The molecule has 1 aliphatic heterocycles. The SMILES string of the molecule is CCOC(=O)c1ccc(N2C(=O)[C@@H]3[C@@H]4C=C[C@H]([C@H]5C[C@@H]45)[C@@H]3C2=O)cc1. The minimum atomic E-state index is -0.399. The van der Waals surface area contributed by atoms with Crippen LogP contribution in [-0.2, 0) is 14.3 Å². The molecule has 1 aromatic rings. The van der Waals surface area contributed by atoms with E-state index in [9.17, 15) is 14.4 Å². The Hall–Kier alpha value is -2.43. The zero-order chi connectivity index (χ0) is 17.3. The van der Waals surface area contributed by atoms with Crippen molar-refractivity contribution in [1.29, 1.82) is 0 Å². The van der Waals surface area contributed by atoms with Gasteiger partial charge in [0, 0.05) is 0 Å². The maximum Gasteiger partial charge on any atom is 0.338 e. The molecule has 3 fully saturated rings. The van der Waals surface area contributed by atoms with Gasteiger partial charge in [0.15, 0.2) is 0 Å². The van der Waals surface area contributed by atoms with Crippen LogP contribution in [0.1, 0.15) is 23.7 Å². The second kappa shape index (κ2) is 5.04. The molecule has 4 aliphatic carbocycles. The number of carbonyl (C=O) groups excluding carboxylic acids is 3. The van der Waals surface area contributed by atoms with Gasteiger partial charge in [-0.25, -0.2) is 4.79 Å². The Bertz CT molecular complexity index is 775. The molecule has 2 amide bonds. The number of benzene rings is 1. The lowest BCUT2D eigenvalue weighted by Gasteiger charge is -2.37. The van der Waals surface area contributed by atoms with E-state index in [0.29, 0.717) is 29.7 Å². The molecule has 25 heavy (non-hydrogen) atoms. The third kappa shape index (κ3) is 1.92. The predicted octanol–water partition coefficient (Wildman–Crippen LogP) is 2.42. The number of hydrogen-bond donors (Lipinski definition) is 0. The van der Waals surface area contributed by atoms with E-state index < -0.39 is 5.97 Å². The molecule has 2 saturated carbocycles. The molecule has 6 atom stereocenters. The van der Waals surface area contributed by atoms with Crippen LogP contribution in [0.4, 0.5) is 5.69 Å². The van der Waals surface area contributed by atoms with Gasteiger partial charge in [-0.1, -0.05) is 12.2 Å². The Balaban J connectivity index is 1.45. The summed E-state index contributed by atoms with van der Waals surface area (Å²) in [5.41, 5.74) is 0.968. The Morgan fingerprint density at radius 1 is 1.04 bits per heavy atom. The van der Waals surface area contributed by atoms with Gasteiger partial charge in [-0.2, -0.15) is 0 Å². The maximum absolute atomic E-state index is 13.0. The summed E-state index contributed by atoms with van der Waals surface area (Å²) in [6.07, 6.45) is 5.49. The topological polar surface area (TPSA) is 63.7 Å². The van der Waals surface area contributed by atoms with Gasteiger partial charge in [-0.05, 0) is 61.3 Å². The fourth-order valence-corrected chi connectivity index (χ4v) is 5.17. The standard InChI is InChI=1S/C20H19NO4/c1-2-25-20(24)10-3-5-11(6-4-10)21-18(22)16-12-7-8-13(15-9-14(12)15)17(16)19(21)23/h3-8,12-17H,2,9H2,1H3/t12-,13-,14-,15+,16+,17-/m1/s1. The summed E-state index contributed by atoms with van der Waals surface area (Å²) >= 11 is 0. The first-order chi connectivity index (χ1) is 12.1. The van der Waals surface area contributed by atoms with Gasteiger partial charge in [-0.3, -0.25) is 14.5 Å². The molecule has 0 N–H and O–H groups in total. The number of imide groups is 1. The van der Waals surface area contributed by atoms with E-state index in [0.717, 1.165) is 6.42 Å². The number of hydrogen-bond acceptors (Lipinski definition) is 4. The molecule has 5 nitrogen and oxygen atoms in total. The van der Waals surface area contributed by atoms with Crippen LogP contribution < -0.4 is 4.90 Å². The van der Waals surface area contributed by atoms with Crippen molar-refractivity contribution in [2.75, 3.05) is 11.5 Å². The Kier molecular flexibility index (Phi) is 3.00. The second-order valence-corrected chi connectivity index (χ2v) is 7.43. The van der Waals surface area contributed by atoms with E-state index in [4.69, 9.17) is 4.74 Å². The van der Waals surface area contributed by atoms with Crippen LogP contribution in [0.15, 0.2) is 36.4 Å². The van der Waals surface area contributed by atoms with Crippen LogP contribution in [-0.4, -0.2) is 24.4 Å². The van der Waals surface area contributed by atoms with Crippen molar-refractivity contribution in [2.24, 2.45) is 35.5 Å². The molecule has 2 bridgehead atoms. The molecule has 1 saturated heterocycles. The molecule has 0 unspecified atom stereocenters. The van der Waals surface area contributed by atoms with Crippen molar-refractivity contribution in [2.45, 2.75) is 13.3 Å². The van der Waals surface area contributed by atoms with Crippen molar-refractivity contribution in [3.63, 3.8) is 0 Å². The van der Waals surface area contributed by atoms with Crippen LogP contribution in [0.25, 0.3) is 0 Å². The van der Waals surface area contributed by atoms with Gasteiger partial charge in [0.25, 0.3) is 0 Å². The summed E-state index contributed by atoms with van der Waals surface area (Å²) in [4.78, 5) is 39.1. The molecule has 5 heteroatoms. The van der Waals surface area contributed by atoms with Crippen LogP contribution >= 0.6 is 0 Å². The summed E-state index contributed by atoms with van der Waals surface area (Å²) in [5, 5.41) is 0. The Labute approximate surface area is 145 Å². The maximum atomic E-state index is 13.0. The van der Waals surface area contributed by atoms with Crippen molar-refractivity contribution >= 4 is 23.5 Å². The molecule has 0 radical (unpaired) electrons. The minimum absolute atomic E-state index is 0.0800. The lowest BCUT2D eigenvalue weighted by Crippen LogP contribution is -2.40. The van der Waals surface area contributed by atoms with E-state index in [1.807, 2.05) is 0 Å². The lowest BCUT2D eigenvalue weighted by atomic mass is 9.63. The van der Waals surface area contributed by atoms with Crippen molar-refractivity contribution < 1.29 is 19.1 Å². The van der Waals surface area contributed by atoms with E-state index >= 15 is 0 Å². The third-order valence-corrected chi connectivity index (χ3v) is 6.30. The highest BCUT2D eigenvalue weighted by Crippen LogP contribution is 2.65. The van der Waals surface area contributed by atoms with Gasteiger partial charge in [0.1, 0.15) is 0 Å². The molecule has 5 aliphatic rings. The van der Waals surface area contributed by atoms with Crippen LogP contribution in [0.2, 0.25) is 0 Å². The number of esters is 1. The fourth-order valence-electron chi connectivity index (χ4n) is 5.17. The molecule has 0 spiro atoms. The molecule has 0 aromatic heterocycles. The second-order valence-electron chi connectivity index (χ2n) is 7.43. The van der Waals surface area contributed by atoms with E-state index in [1.165, 1.54) is 4.90 Å². The van der Waals surface area contributed by atoms with Crippen LogP contribution in [0.3, 0.4) is 0 Å². The molecule has 1 heterocycles. The van der Waals surface area contributed by atoms with Gasteiger partial charge >= 0.3 is 5.97 Å². The van der Waals surface area contributed by atoms with Crippen molar-refractivity contribution in [1.82, 2.24) is 0 Å². The molecule has 128 valence electrons. The van der Waals surface area contributed by atoms with Gasteiger partial charge in [-0.15, -0.1) is 0 Å². The monoisotopic (exact) mass is 337 g/mol. The third-order valence-electron chi connectivity index (χ3n) is 6.30. The molecule has 1 aromatic carbocycles. The highest BCUT2D eigenvalue weighted by molar-refractivity contribution is 6.22. The van der Waals surface area contributed by atoms with Crippen molar-refractivity contribution in [3.05, 3.63) is 42.0 Å². The summed E-state index contributed by atoms with van der Waals surface area (Å²) in [5.74, 6) is 0.682. The average Bonchev–Trinajstić information content (AvgIpc) is 3.40. The van der Waals surface area contributed by atoms with Gasteiger partial charge in [0.2, 0.25) is 11.8 Å². The Morgan fingerprint density at radius 2 is 1.60 bits per heavy atom. The quantitative estimate of drug-likeness (QED) is 0.483. The Morgan fingerprint density at radius 3 is 2.12 bits per heavy atom. The number of amides is 2. The number of allylic oxidation sites excluding steroid dienone is 2. The van der Waals surface area contributed by atoms with E-state index in [1.54, 1.807) is 31.2 Å². The summed E-state index contributed by atoms with van der Waals surface area (Å²) < 4.78 is 4.97. The minimum Gasteiger partial charge on any atom is -0.462 e. The molecule has 6 rings (SSSR count). The van der Waals surface area contributed by atoms with E-state index in [2.05, 4.69) is 12.2 Å². The number of carbonyl (C=O) groups is 3. The average molecular weight is 337 g/mol. The summed E-state index contributed by atoms with van der Waals surface area (Å²) in [6, 6.07) is 6.55. The number of rotatable bonds is 3. The highest BCUT2D eigenvalue weighted by atomic mass is 16.5. The number of ether oxygens (including phenoxy) is 1. The molecular weight excluding hydrogens is 318 g/mol. The normalized spacial score (nSPS) is 37.1. The lowest BCUT2D eigenvalue weighted by molar-refractivity contribution is -0.124. The van der Waals surface area contributed by atoms with Crippen LogP contribution in [0.5, 0.6) is 0 Å². The predicted molar refractivity (Wildman–Crippen MR) is 89.6 cm³/mol. The largest absolute Gasteiger partial charge is 0.462 e. The van der Waals surface area contributed by atoms with Crippen molar-refractivity contribution in [3.8, 4) is 0 Å². The fraction of sp³-hybridized carbons (Fsp3) is 0.450. The number of anilines is 1. The first-order valence-corrected chi connectivity index (χ1v) is 8.95. The zero-order valence-electron chi connectivity index (χ0n) is 13.9. The van der Waals surface area contributed by atoms with Crippen LogP contribution in [0, 0.1) is 35.5 Å². The number of nitrogens with zero attached hydrogens (tertiary/aromatic N) is 1. The molecular formula is C20H19NO4. The van der Waals surface area contributed by atoms with Gasteiger partial charge < -0.3 is 4.74 Å². The van der Waals surface area contributed by atoms with Gasteiger partial charge in [0.05, 0.1) is 29.7 Å². The van der Waals surface area contributed by atoms with E-state index in [-0.39, 0.29) is 35.5 Å². The summed E-state index contributed by atoms with van der Waals surface area (Å²) in [6.45, 7) is 2.06. The highest BCUT2D eigenvalue weighted by Gasteiger charge is 2.67.